The maximum atomic E-state index is 12.9. The second-order valence-corrected chi connectivity index (χ2v) is 7.65. The number of nitrogens with one attached hydrogen (secondary N) is 2. The molecule has 1 aliphatic carbocycles. The fourth-order valence-electron chi connectivity index (χ4n) is 4.58. The van der Waals surface area contributed by atoms with Crippen LogP contribution in [0.15, 0.2) is 30.5 Å². The van der Waals surface area contributed by atoms with Crippen LogP contribution >= 0.6 is 0 Å². The normalized spacial score (nSPS) is 21.6. The first kappa shape index (κ1) is 17.9. The molecule has 0 saturated carbocycles. The first-order valence-corrected chi connectivity index (χ1v) is 9.95. The van der Waals surface area contributed by atoms with E-state index >= 15 is 0 Å². The first-order chi connectivity index (χ1) is 13.2. The number of hydrogen-bond donors (Lipinski definition) is 2. The molecule has 4 rings (SSSR count). The van der Waals surface area contributed by atoms with E-state index in [9.17, 15) is 4.79 Å². The molecule has 140 valence electrons. The smallest absolute Gasteiger partial charge is 0.228 e. The fourth-order valence-corrected chi connectivity index (χ4v) is 4.58. The SMILES string of the molecule is C#CCN1C[C@H](C(=O)NC(CC)CC)C=C2c3cccc4[nH]cc(c34)C[C@H]21. The number of nitrogens with zero attached hydrogens (tertiary/aromatic N) is 1. The number of hydrogen-bond acceptors (Lipinski definition) is 2. The Morgan fingerprint density at radius 3 is 2.96 bits per heavy atom. The number of carbonyl (C=O) groups is 1. The van der Waals surface area contributed by atoms with Crippen LogP contribution in [0, 0.1) is 18.3 Å². The van der Waals surface area contributed by atoms with Crippen molar-refractivity contribution in [3.05, 3.63) is 41.6 Å². The molecule has 2 N–H and O–H groups in total. The van der Waals surface area contributed by atoms with E-state index in [0.29, 0.717) is 13.1 Å². The van der Waals surface area contributed by atoms with Gasteiger partial charge in [-0.25, -0.2) is 0 Å². The van der Waals surface area contributed by atoms with Gasteiger partial charge in [0.05, 0.1) is 12.5 Å². The lowest BCUT2D eigenvalue weighted by molar-refractivity contribution is -0.125. The van der Waals surface area contributed by atoms with E-state index in [4.69, 9.17) is 6.42 Å². The first-order valence-electron chi connectivity index (χ1n) is 9.95. The molecular formula is C23H27N3O. The Balaban J connectivity index is 1.74. The molecule has 0 unspecified atom stereocenters. The molecule has 0 fully saturated rings. The average molecular weight is 361 g/mol. The van der Waals surface area contributed by atoms with Gasteiger partial charge >= 0.3 is 0 Å². The number of aromatic amines is 1. The molecule has 4 heteroatoms. The van der Waals surface area contributed by atoms with Crippen LogP contribution in [0.3, 0.4) is 0 Å². The third kappa shape index (κ3) is 3.07. The highest BCUT2D eigenvalue weighted by Crippen LogP contribution is 2.41. The van der Waals surface area contributed by atoms with Gasteiger partial charge < -0.3 is 10.3 Å². The summed E-state index contributed by atoms with van der Waals surface area (Å²) in [7, 11) is 0. The van der Waals surface area contributed by atoms with Gasteiger partial charge in [0.2, 0.25) is 5.91 Å². The van der Waals surface area contributed by atoms with Gasteiger partial charge in [-0.05, 0) is 42.0 Å². The molecule has 2 heterocycles. The van der Waals surface area contributed by atoms with Crippen LogP contribution in [-0.4, -0.2) is 41.0 Å². The minimum atomic E-state index is -0.166. The van der Waals surface area contributed by atoms with Crippen molar-refractivity contribution >= 4 is 22.4 Å². The van der Waals surface area contributed by atoms with Crippen LogP contribution in [0.4, 0.5) is 0 Å². The summed E-state index contributed by atoms with van der Waals surface area (Å²) in [4.78, 5) is 18.6. The van der Waals surface area contributed by atoms with Gasteiger partial charge in [0, 0.05) is 35.7 Å². The van der Waals surface area contributed by atoms with Crippen molar-refractivity contribution in [1.82, 2.24) is 15.2 Å². The zero-order chi connectivity index (χ0) is 19.0. The van der Waals surface area contributed by atoms with Gasteiger partial charge in [0.15, 0.2) is 0 Å². The summed E-state index contributed by atoms with van der Waals surface area (Å²) in [5.74, 6) is 2.74. The Hall–Kier alpha value is -2.51. The maximum absolute atomic E-state index is 12.9. The molecule has 1 aliphatic heterocycles. The van der Waals surface area contributed by atoms with Crippen molar-refractivity contribution in [2.24, 2.45) is 5.92 Å². The molecule has 4 nitrogen and oxygen atoms in total. The maximum Gasteiger partial charge on any atom is 0.228 e. The van der Waals surface area contributed by atoms with E-state index < -0.39 is 0 Å². The molecule has 2 aliphatic rings. The number of H-pyrrole nitrogens is 1. The third-order valence-corrected chi connectivity index (χ3v) is 6.09. The number of aromatic nitrogens is 1. The molecule has 2 aromatic rings. The Morgan fingerprint density at radius 1 is 1.41 bits per heavy atom. The monoisotopic (exact) mass is 361 g/mol. The second-order valence-electron chi connectivity index (χ2n) is 7.65. The van der Waals surface area contributed by atoms with Crippen molar-refractivity contribution < 1.29 is 4.79 Å². The van der Waals surface area contributed by atoms with Crippen molar-refractivity contribution in [1.29, 1.82) is 0 Å². The van der Waals surface area contributed by atoms with Gasteiger partial charge in [-0.2, -0.15) is 0 Å². The number of rotatable bonds is 5. The largest absolute Gasteiger partial charge is 0.361 e. The van der Waals surface area contributed by atoms with Crippen molar-refractivity contribution in [3.63, 3.8) is 0 Å². The lowest BCUT2D eigenvalue weighted by Crippen LogP contribution is -2.49. The van der Waals surface area contributed by atoms with Crippen LogP contribution in [0.5, 0.6) is 0 Å². The highest BCUT2D eigenvalue weighted by atomic mass is 16.2. The number of carbonyl (C=O) groups excluding carboxylic acids is 1. The molecule has 0 spiro atoms. The minimum absolute atomic E-state index is 0.115. The van der Waals surface area contributed by atoms with E-state index in [-0.39, 0.29) is 23.9 Å². The summed E-state index contributed by atoms with van der Waals surface area (Å²) in [6.07, 6.45) is 12.8. The van der Waals surface area contributed by atoms with E-state index in [1.165, 1.54) is 22.1 Å². The number of terminal acetylenes is 1. The highest BCUT2D eigenvalue weighted by Gasteiger charge is 2.37. The lowest BCUT2D eigenvalue weighted by Gasteiger charge is -2.41. The quantitative estimate of drug-likeness (QED) is 0.803. The summed E-state index contributed by atoms with van der Waals surface area (Å²) < 4.78 is 0. The number of benzene rings is 1. The van der Waals surface area contributed by atoms with Crippen molar-refractivity contribution in [2.75, 3.05) is 13.1 Å². The molecule has 0 saturated heterocycles. The summed E-state index contributed by atoms with van der Waals surface area (Å²) in [6, 6.07) is 6.85. The zero-order valence-corrected chi connectivity index (χ0v) is 16.1. The summed E-state index contributed by atoms with van der Waals surface area (Å²) in [6.45, 7) is 5.47. The Labute approximate surface area is 161 Å². The highest BCUT2D eigenvalue weighted by molar-refractivity contribution is 5.99. The minimum Gasteiger partial charge on any atom is -0.361 e. The van der Waals surface area contributed by atoms with Gasteiger partial charge in [-0.3, -0.25) is 9.69 Å². The van der Waals surface area contributed by atoms with Crippen LogP contribution in [0.2, 0.25) is 0 Å². The van der Waals surface area contributed by atoms with Crippen LogP contribution in [0.1, 0.15) is 37.8 Å². The van der Waals surface area contributed by atoms with E-state index in [1.54, 1.807) is 0 Å². The molecule has 0 radical (unpaired) electrons. The van der Waals surface area contributed by atoms with Gasteiger partial charge in [-0.15, -0.1) is 6.42 Å². The average Bonchev–Trinajstić information content (AvgIpc) is 3.11. The van der Waals surface area contributed by atoms with Crippen molar-refractivity contribution in [2.45, 2.75) is 45.2 Å². The molecule has 1 amide bonds. The van der Waals surface area contributed by atoms with Gasteiger partial charge in [-0.1, -0.05) is 38.0 Å². The Kier molecular flexibility index (Phi) is 4.80. The topological polar surface area (TPSA) is 48.1 Å². The molecule has 2 atom stereocenters. The summed E-state index contributed by atoms with van der Waals surface area (Å²) in [5.41, 5.74) is 4.99. The summed E-state index contributed by atoms with van der Waals surface area (Å²) in [5, 5.41) is 4.51. The van der Waals surface area contributed by atoms with Crippen molar-refractivity contribution in [3.8, 4) is 12.3 Å². The van der Waals surface area contributed by atoms with E-state index in [1.807, 2.05) is 0 Å². The molecule has 0 bridgehead atoms. The molecule has 1 aromatic heterocycles. The van der Waals surface area contributed by atoms with Crippen LogP contribution < -0.4 is 5.32 Å². The Bertz CT molecular complexity index is 929. The summed E-state index contributed by atoms with van der Waals surface area (Å²) >= 11 is 0. The Morgan fingerprint density at radius 2 is 2.22 bits per heavy atom. The second kappa shape index (κ2) is 7.25. The fraction of sp³-hybridized carbons (Fsp3) is 0.435. The third-order valence-electron chi connectivity index (χ3n) is 6.09. The number of fused-ring (bicyclic) bond motifs is 2. The molecule has 1 aromatic carbocycles. The van der Waals surface area contributed by atoms with Gasteiger partial charge in [0.25, 0.3) is 0 Å². The van der Waals surface area contributed by atoms with E-state index in [2.05, 4.69) is 65.4 Å². The predicted octanol–water partition coefficient (Wildman–Crippen LogP) is 3.35. The zero-order valence-electron chi connectivity index (χ0n) is 16.1. The lowest BCUT2D eigenvalue weighted by atomic mass is 9.79. The molecule has 27 heavy (non-hydrogen) atoms. The van der Waals surface area contributed by atoms with Crippen LogP contribution in [-0.2, 0) is 11.2 Å². The predicted molar refractivity (Wildman–Crippen MR) is 110 cm³/mol. The van der Waals surface area contributed by atoms with E-state index in [0.717, 1.165) is 24.8 Å². The van der Waals surface area contributed by atoms with Crippen LogP contribution in [0.25, 0.3) is 16.5 Å². The standard InChI is InChI=1S/C23H27N3O/c1-4-10-26-14-16(23(27)25-17(5-2)6-3)11-19-18-8-7-9-20-22(18)15(13-24-20)12-21(19)26/h1,7-9,11,13,16-17,21,24H,5-6,10,12,14H2,2-3H3,(H,25,27)/t16-,21-/m1/s1. The number of amides is 1. The van der Waals surface area contributed by atoms with Gasteiger partial charge in [0.1, 0.15) is 0 Å². The molecular weight excluding hydrogens is 334 g/mol.